The van der Waals surface area contributed by atoms with E-state index in [4.69, 9.17) is 16.7 Å². The van der Waals surface area contributed by atoms with Gasteiger partial charge in [0.2, 0.25) is 0 Å². The summed E-state index contributed by atoms with van der Waals surface area (Å²) in [4.78, 5) is 0. The van der Waals surface area contributed by atoms with Crippen LogP contribution in [0.4, 0.5) is 13.2 Å². The molecule has 0 fully saturated rings. The van der Waals surface area contributed by atoms with E-state index in [1.54, 1.807) is 6.92 Å². The van der Waals surface area contributed by atoms with Crippen molar-refractivity contribution >= 4 is 11.6 Å². The Morgan fingerprint density at radius 3 is 2.47 bits per heavy atom. The Balaban J connectivity index is 3.17. The normalized spacial score (nSPS) is 12.2. The average molecular weight is 238 g/mol. The number of rotatable bonds is 2. The van der Waals surface area contributed by atoms with Crippen molar-refractivity contribution in [2.75, 3.05) is 6.61 Å². The van der Waals surface area contributed by atoms with Crippen molar-refractivity contribution in [1.82, 2.24) is 0 Å². The minimum Gasteiger partial charge on any atom is -0.395 e. The molecule has 0 atom stereocenters. The van der Waals surface area contributed by atoms with Crippen molar-refractivity contribution in [1.29, 1.82) is 0 Å². The van der Waals surface area contributed by atoms with Gasteiger partial charge in [-0.2, -0.15) is 13.2 Å². The minimum absolute atomic E-state index is 0.279. The summed E-state index contributed by atoms with van der Waals surface area (Å²) in [6.45, 7) is 1.28. The maximum absolute atomic E-state index is 12.4. The monoisotopic (exact) mass is 237 g/mol. The van der Waals surface area contributed by atoms with Crippen molar-refractivity contribution in [3.05, 3.63) is 40.3 Å². The molecule has 0 amide bonds. The second kappa shape index (κ2) is 4.41. The molecule has 1 nitrogen and oxygen atoms in total. The highest BCUT2D eigenvalue weighted by atomic mass is 35.5. The van der Waals surface area contributed by atoms with Crippen LogP contribution in [0.5, 0.6) is 0 Å². The lowest BCUT2D eigenvalue weighted by Gasteiger charge is -2.13. The van der Waals surface area contributed by atoms with Gasteiger partial charge >= 0.3 is 6.18 Å². The van der Waals surface area contributed by atoms with E-state index in [2.05, 4.69) is 0 Å². The van der Waals surface area contributed by atoms with Crippen LogP contribution in [0.15, 0.2) is 18.2 Å². The summed E-state index contributed by atoms with van der Waals surface area (Å²) in [5, 5.41) is 8.46. The van der Waals surface area contributed by atoms with E-state index in [-0.39, 0.29) is 11.6 Å². The smallest absolute Gasteiger partial charge is 0.395 e. The molecule has 0 bridgehead atoms. The van der Waals surface area contributed by atoms with Gasteiger partial charge in [0.1, 0.15) is 0 Å². The summed E-state index contributed by atoms with van der Waals surface area (Å²) in [5.74, 6) is 0.470. The Labute approximate surface area is 90.5 Å². The van der Waals surface area contributed by atoms with Crippen molar-refractivity contribution in [3.63, 3.8) is 0 Å². The molecule has 1 aromatic rings. The molecule has 15 heavy (non-hydrogen) atoms. The molecule has 5 heteroatoms. The fourth-order valence-electron chi connectivity index (χ4n) is 1.10. The second-order valence-corrected chi connectivity index (χ2v) is 3.54. The molecule has 1 aromatic carbocycles. The Morgan fingerprint density at radius 1 is 1.40 bits per heavy atom. The van der Waals surface area contributed by atoms with Gasteiger partial charge in [-0.25, -0.2) is 0 Å². The third kappa shape index (κ3) is 2.86. The standard InChI is InChI=1S/C10H9ClF3O/c1-6(5-15)7-2-3-9(11)8(4-7)10(12,13)14/h2-4,15H,5H2,1H3. The molecule has 0 aliphatic rings. The largest absolute Gasteiger partial charge is 0.417 e. The number of benzene rings is 1. The predicted octanol–water partition coefficient (Wildman–Crippen LogP) is 3.29. The lowest BCUT2D eigenvalue weighted by atomic mass is 10.00. The third-order valence-electron chi connectivity index (χ3n) is 2.00. The van der Waals surface area contributed by atoms with E-state index >= 15 is 0 Å². The predicted molar refractivity (Wildman–Crippen MR) is 51.6 cm³/mol. The number of hydrogen-bond donors (Lipinski definition) is 1. The Kier molecular flexibility index (Phi) is 3.62. The first-order valence-electron chi connectivity index (χ1n) is 4.16. The van der Waals surface area contributed by atoms with Gasteiger partial charge in [-0.3, -0.25) is 0 Å². The number of halogens is 4. The van der Waals surface area contributed by atoms with Gasteiger partial charge in [-0.1, -0.05) is 24.6 Å². The van der Waals surface area contributed by atoms with E-state index in [9.17, 15) is 13.2 Å². The van der Waals surface area contributed by atoms with Crippen LogP contribution in [0.2, 0.25) is 5.02 Å². The topological polar surface area (TPSA) is 20.2 Å². The van der Waals surface area contributed by atoms with Crippen LogP contribution in [0.25, 0.3) is 0 Å². The lowest BCUT2D eigenvalue weighted by molar-refractivity contribution is -0.137. The summed E-state index contributed by atoms with van der Waals surface area (Å²) >= 11 is 5.44. The first-order chi connectivity index (χ1) is 6.86. The molecule has 83 valence electrons. The molecule has 0 aliphatic carbocycles. The Morgan fingerprint density at radius 2 is 2.00 bits per heavy atom. The highest BCUT2D eigenvalue weighted by Gasteiger charge is 2.33. The van der Waals surface area contributed by atoms with Crippen molar-refractivity contribution in [2.24, 2.45) is 0 Å². The quantitative estimate of drug-likeness (QED) is 0.837. The van der Waals surface area contributed by atoms with Crippen LogP contribution >= 0.6 is 11.6 Å². The molecule has 0 heterocycles. The van der Waals surface area contributed by atoms with Gasteiger partial charge in [-0.05, 0) is 17.7 Å². The van der Waals surface area contributed by atoms with Crippen molar-refractivity contribution in [3.8, 4) is 0 Å². The molecular formula is C10H9ClF3O. The van der Waals surface area contributed by atoms with E-state index in [1.807, 2.05) is 0 Å². The summed E-state index contributed by atoms with van der Waals surface area (Å²) in [5.41, 5.74) is -0.538. The van der Waals surface area contributed by atoms with E-state index in [0.717, 1.165) is 6.07 Å². The Hall–Kier alpha value is -0.740. The summed E-state index contributed by atoms with van der Waals surface area (Å²) in [6.07, 6.45) is -4.47. The summed E-state index contributed by atoms with van der Waals surface area (Å²) in [7, 11) is 0. The first-order valence-corrected chi connectivity index (χ1v) is 4.54. The first kappa shape index (κ1) is 12.3. The zero-order chi connectivity index (χ0) is 11.6. The van der Waals surface area contributed by atoms with Crippen LogP contribution in [0, 0.1) is 5.92 Å². The molecule has 1 rings (SSSR count). The van der Waals surface area contributed by atoms with Gasteiger partial charge in [-0.15, -0.1) is 0 Å². The van der Waals surface area contributed by atoms with E-state index in [0.29, 0.717) is 11.5 Å². The molecule has 1 N–H and O–H groups in total. The molecule has 0 aromatic heterocycles. The molecule has 0 aliphatic heterocycles. The van der Waals surface area contributed by atoms with E-state index < -0.39 is 11.7 Å². The summed E-state index contributed by atoms with van der Waals surface area (Å²) in [6, 6.07) is 3.57. The van der Waals surface area contributed by atoms with Gasteiger partial charge in [0.25, 0.3) is 0 Å². The van der Waals surface area contributed by atoms with Crippen LogP contribution in [0.1, 0.15) is 18.1 Å². The van der Waals surface area contributed by atoms with Gasteiger partial charge in [0.15, 0.2) is 0 Å². The maximum atomic E-state index is 12.4. The molecule has 1 radical (unpaired) electrons. The fraction of sp³-hybridized carbons (Fsp3) is 0.300. The van der Waals surface area contributed by atoms with E-state index in [1.165, 1.54) is 12.1 Å². The van der Waals surface area contributed by atoms with Crippen LogP contribution in [0.3, 0.4) is 0 Å². The summed E-state index contributed by atoms with van der Waals surface area (Å²) < 4.78 is 37.3. The minimum atomic E-state index is -4.47. The average Bonchev–Trinajstić information content (AvgIpc) is 2.15. The molecular weight excluding hydrogens is 229 g/mol. The van der Waals surface area contributed by atoms with Crippen molar-refractivity contribution < 1.29 is 18.3 Å². The Bertz CT molecular complexity index is 349. The number of hydrogen-bond acceptors (Lipinski definition) is 1. The number of aliphatic hydroxyl groups is 1. The third-order valence-corrected chi connectivity index (χ3v) is 2.33. The molecule has 0 unspecified atom stereocenters. The SMILES string of the molecule is C[C](CO)c1ccc(Cl)c(C(F)(F)F)c1. The van der Waals surface area contributed by atoms with Crippen LogP contribution in [-0.4, -0.2) is 11.7 Å². The zero-order valence-corrected chi connectivity index (χ0v) is 8.65. The molecule has 0 spiro atoms. The highest BCUT2D eigenvalue weighted by molar-refractivity contribution is 6.31. The van der Waals surface area contributed by atoms with Crippen LogP contribution in [-0.2, 0) is 6.18 Å². The molecule has 0 saturated carbocycles. The van der Waals surface area contributed by atoms with Gasteiger partial charge in [0, 0.05) is 5.92 Å². The molecule has 0 saturated heterocycles. The van der Waals surface area contributed by atoms with Gasteiger partial charge in [0.05, 0.1) is 17.2 Å². The second-order valence-electron chi connectivity index (χ2n) is 3.13. The highest BCUT2D eigenvalue weighted by Crippen LogP contribution is 2.36. The van der Waals surface area contributed by atoms with Crippen LogP contribution < -0.4 is 0 Å². The number of alkyl halides is 3. The van der Waals surface area contributed by atoms with Crippen molar-refractivity contribution in [2.45, 2.75) is 13.1 Å². The maximum Gasteiger partial charge on any atom is 0.417 e. The lowest BCUT2D eigenvalue weighted by Crippen LogP contribution is -2.08. The van der Waals surface area contributed by atoms with Gasteiger partial charge < -0.3 is 5.11 Å². The zero-order valence-electron chi connectivity index (χ0n) is 7.90. The number of aliphatic hydroxyl groups excluding tert-OH is 1. The fourth-order valence-corrected chi connectivity index (χ4v) is 1.32.